The molecule has 2 rings (SSSR count). The molecule has 2 amide bonds. The molecule has 1 aliphatic carbocycles. The lowest BCUT2D eigenvalue weighted by molar-refractivity contribution is -0.165. The van der Waals surface area contributed by atoms with Crippen LogP contribution in [0.2, 0.25) is 0 Å². The van der Waals surface area contributed by atoms with E-state index in [0.717, 1.165) is 12.8 Å². The van der Waals surface area contributed by atoms with Gasteiger partial charge in [-0.25, -0.2) is 0 Å². The van der Waals surface area contributed by atoms with Gasteiger partial charge in [0, 0.05) is 12.0 Å². The zero-order valence-corrected chi connectivity index (χ0v) is 17.5. The molecule has 0 aliphatic heterocycles. The fourth-order valence-corrected chi connectivity index (χ4v) is 3.54. The molecule has 1 aromatic rings. The Kier molecular flexibility index (Phi) is 7.02. The first-order valence-corrected chi connectivity index (χ1v) is 9.88. The minimum absolute atomic E-state index is 0.0503. The van der Waals surface area contributed by atoms with E-state index in [2.05, 4.69) is 10.6 Å². The summed E-state index contributed by atoms with van der Waals surface area (Å²) in [6.45, 7) is 7.14. The van der Waals surface area contributed by atoms with Crippen LogP contribution in [0.5, 0.6) is 0 Å². The van der Waals surface area contributed by atoms with Crippen LogP contribution in [0.4, 0.5) is 5.69 Å². The smallest absolute Gasteiger partial charge is 0.313 e. The van der Waals surface area contributed by atoms with Gasteiger partial charge in [-0.05, 0) is 52.7 Å². The Morgan fingerprint density at radius 3 is 2.41 bits per heavy atom. The highest BCUT2D eigenvalue weighted by Gasteiger charge is 2.45. The molecule has 7 heteroatoms. The van der Waals surface area contributed by atoms with E-state index >= 15 is 0 Å². The predicted octanol–water partition coefficient (Wildman–Crippen LogP) is 3.29. The maximum Gasteiger partial charge on any atom is 0.313 e. The van der Waals surface area contributed by atoms with Gasteiger partial charge in [-0.15, -0.1) is 0 Å². The molecule has 2 N–H and O–H groups in total. The average Bonchev–Trinajstić information content (AvgIpc) is 3.10. The molecule has 7 nitrogen and oxygen atoms in total. The summed E-state index contributed by atoms with van der Waals surface area (Å²) in [7, 11) is 0. The van der Waals surface area contributed by atoms with Gasteiger partial charge in [0.05, 0.1) is 16.7 Å². The molecule has 0 radical (unpaired) electrons. The van der Waals surface area contributed by atoms with Crippen molar-refractivity contribution in [2.24, 2.45) is 5.41 Å². The van der Waals surface area contributed by atoms with Gasteiger partial charge >= 0.3 is 5.97 Å². The summed E-state index contributed by atoms with van der Waals surface area (Å²) in [5, 5.41) is 14.6. The fraction of sp³-hybridized carbons (Fsp3) is 0.545. The molecule has 0 bridgehead atoms. The van der Waals surface area contributed by atoms with Crippen LogP contribution < -0.4 is 10.6 Å². The molecular weight excluding hydrogens is 370 g/mol. The Balaban J connectivity index is 2.04. The minimum Gasteiger partial charge on any atom is -0.452 e. The van der Waals surface area contributed by atoms with Crippen LogP contribution in [0.1, 0.15) is 65.4 Å². The Morgan fingerprint density at radius 2 is 1.83 bits per heavy atom. The summed E-state index contributed by atoms with van der Waals surface area (Å²) >= 11 is 0. The van der Waals surface area contributed by atoms with E-state index in [9.17, 15) is 14.4 Å². The highest BCUT2D eigenvalue weighted by atomic mass is 16.5. The highest BCUT2D eigenvalue weighted by molar-refractivity contribution is 5.96. The van der Waals surface area contributed by atoms with E-state index in [1.807, 2.05) is 26.8 Å². The number of nitrogens with one attached hydrogen (secondary N) is 2. The van der Waals surface area contributed by atoms with Gasteiger partial charge in [0.25, 0.3) is 5.91 Å². The van der Waals surface area contributed by atoms with Crippen molar-refractivity contribution in [1.29, 1.82) is 5.26 Å². The number of hydrogen-bond acceptors (Lipinski definition) is 5. The van der Waals surface area contributed by atoms with Crippen LogP contribution in [0.3, 0.4) is 0 Å². The second kappa shape index (κ2) is 9.08. The van der Waals surface area contributed by atoms with Gasteiger partial charge in [-0.2, -0.15) is 5.26 Å². The molecule has 1 aliphatic rings. The number of carbonyl (C=O) groups excluding carboxylic acids is 3. The van der Waals surface area contributed by atoms with Crippen LogP contribution >= 0.6 is 0 Å². The summed E-state index contributed by atoms with van der Waals surface area (Å²) in [5.41, 5.74) is -0.593. The molecule has 0 aromatic heterocycles. The van der Waals surface area contributed by atoms with E-state index in [-0.39, 0.29) is 17.9 Å². The summed E-state index contributed by atoms with van der Waals surface area (Å²) in [4.78, 5) is 37.8. The standard InChI is InChI=1S/C22H29N3O4/c1-15(19(27)24-17-10-6-5-9-16(17)14-23)29-20(28)22(11-7-8-12-22)13-18(26)25-21(2,3)4/h5-6,9-10,15H,7-8,11-13H2,1-4H3,(H,24,27)(H,25,26)/t15-/m0/s1. The van der Waals surface area contributed by atoms with Gasteiger partial charge in [0.2, 0.25) is 5.91 Å². The molecular formula is C22H29N3O4. The lowest BCUT2D eigenvalue weighted by Crippen LogP contribution is -2.45. The Morgan fingerprint density at radius 1 is 1.21 bits per heavy atom. The molecule has 156 valence electrons. The normalized spacial score (nSPS) is 16.4. The number of nitrogens with zero attached hydrogens (tertiary/aromatic N) is 1. The monoisotopic (exact) mass is 399 g/mol. The molecule has 0 heterocycles. The molecule has 0 spiro atoms. The van der Waals surface area contributed by atoms with E-state index in [1.165, 1.54) is 6.92 Å². The molecule has 1 saturated carbocycles. The Hall–Kier alpha value is -2.88. The molecule has 29 heavy (non-hydrogen) atoms. The van der Waals surface area contributed by atoms with E-state index in [1.54, 1.807) is 24.3 Å². The number of amides is 2. The van der Waals surface area contributed by atoms with E-state index < -0.39 is 23.4 Å². The Bertz CT molecular complexity index is 814. The SMILES string of the molecule is C[C@H](OC(=O)C1(CC(=O)NC(C)(C)C)CCCC1)C(=O)Nc1ccccc1C#N. The van der Waals surface area contributed by atoms with Gasteiger partial charge < -0.3 is 15.4 Å². The second-order valence-corrected chi connectivity index (χ2v) is 8.66. The summed E-state index contributed by atoms with van der Waals surface area (Å²) < 4.78 is 5.46. The Labute approximate surface area is 171 Å². The number of benzene rings is 1. The van der Waals surface area contributed by atoms with Gasteiger partial charge in [0.15, 0.2) is 6.10 Å². The van der Waals surface area contributed by atoms with Crippen molar-refractivity contribution in [1.82, 2.24) is 5.32 Å². The maximum absolute atomic E-state index is 12.9. The van der Waals surface area contributed by atoms with Crippen LogP contribution in [0, 0.1) is 16.7 Å². The molecule has 0 unspecified atom stereocenters. The number of nitriles is 1. The second-order valence-electron chi connectivity index (χ2n) is 8.66. The molecule has 1 fully saturated rings. The molecule has 0 saturated heterocycles. The molecule has 1 aromatic carbocycles. The summed E-state index contributed by atoms with van der Waals surface area (Å²) in [5.74, 6) is -1.24. The van der Waals surface area contributed by atoms with Gasteiger partial charge in [-0.3, -0.25) is 14.4 Å². The summed E-state index contributed by atoms with van der Waals surface area (Å²) in [6, 6.07) is 8.61. The lowest BCUT2D eigenvalue weighted by Gasteiger charge is -2.29. The third-order valence-electron chi connectivity index (χ3n) is 4.97. The number of hydrogen-bond donors (Lipinski definition) is 2. The van der Waals surface area contributed by atoms with Crippen molar-refractivity contribution in [3.8, 4) is 6.07 Å². The first-order valence-electron chi connectivity index (χ1n) is 9.88. The first-order chi connectivity index (χ1) is 13.6. The largest absolute Gasteiger partial charge is 0.452 e. The van der Waals surface area contributed by atoms with Crippen molar-refractivity contribution in [3.63, 3.8) is 0 Å². The van der Waals surface area contributed by atoms with Gasteiger partial charge in [0.1, 0.15) is 6.07 Å². The number of rotatable bonds is 6. The number of anilines is 1. The van der Waals surface area contributed by atoms with Crippen LogP contribution in [0.15, 0.2) is 24.3 Å². The average molecular weight is 399 g/mol. The van der Waals surface area contributed by atoms with E-state index in [0.29, 0.717) is 24.1 Å². The zero-order valence-electron chi connectivity index (χ0n) is 17.5. The summed E-state index contributed by atoms with van der Waals surface area (Å²) in [6.07, 6.45) is 1.82. The lowest BCUT2D eigenvalue weighted by atomic mass is 9.82. The van der Waals surface area contributed by atoms with Crippen molar-refractivity contribution in [2.75, 3.05) is 5.32 Å². The number of para-hydroxylation sites is 1. The van der Waals surface area contributed by atoms with Crippen molar-refractivity contribution in [2.45, 2.75) is 71.4 Å². The van der Waals surface area contributed by atoms with Crippen LogP contribution in [-0.2, 0) is 19.1 Å². The quantitative estimate of drug-likeness (QED) is 0.714. The van der Waals surface area contributed by atoms with Crippen molar-refractivity contribution in [3.05, 3.63) is 29.8 Å². The van der Waals surface area contributed by atoms with E-state index in [4.69, 9.17) is 10.00 Å². The third-order valence-corrected chi connectivity index (χ3v) is 4.97. The highest BCUT2D eigenvalue weighted by Crippen LogP contribution is 2.42. The zero-order chi connectivity index (χ0) is 21.7. The minimum atomic E-state index is -1.04. The first kappa shape index (κ1) is 22.4. The van der Waals surface area contributed by atoms with Crippen LogP contribution in [-0.4, -0.2) is 29.4 Å². The predicted molar refractivity (Wildman–Crippen MR) is 109 cm³/mol. The number of ether oxygens (including phenoxy) is 1. The number of esters is 1. The van der Waals surface area contributed by atoms with Crippen LogP contribution in [0.25, 0.3) is 0 Å². The number of carbonyl (C=O) groups is 3. The van der Waals surface area contributed by atoms with Gasteiger partial charge in [-0.1, -0.05) is 25.0 Å². The van der Waals surface area contributed by atoms with Crippen molar-refractivity contribution >= 4 is 23.5 Å². The maximum atomic E-state index is 12.9. The molecule has 1 atom stereocenters. The topological polar surface area (TPSA) is 108 Å². The van der Waals surface area contributed by atoms with Crippen molar-refractivity contribution < 1.29 is 19.1 Å². The third kappa shape index (κ3) is 6.05. The fourth-order valence-electron chi connectivity index (χ4n) is 3.54.